The molecule has 0 radical (unpaired) electrons. The van der Waals surface area contributed by atoms with Gasteiger partial charge in [-0.2, -0.15) is 5.10 Å². The summed E-state index contributed by atoms with van der Waals surface area (Å²) in [5.41, 5.74) is 6.30. The van der Waals surface area contributed by atoms with Crippen LogP contribution in [-0.2, 0) is 22.5 Å². The topological polar surface area (TPSA) is 103 Å². The maximum atomic E-state index is 12.5. The van der Waals surface area contributed by atoms with Crippen molar-refractivity contribution >= 4 is 11.8 Å². The van der Waals surface area contributed by atoms with Crippen molar-refractivity contribution in [3.8, 4) is 0 Å². The Kier molecular flexibility index (Phi) is 5.39. The molecule has 1 atom stereocenters. The highest BCUT2D eigenvalue weighted by molar-refractivity contribution is 5.90. The first-order chi connectivity index (χ1) is 12.1. The van der Waals surface area contributed by atoms with Crippen LogP contribution < -0.4 is 5.73 Å². The van der Waals surface area contributed by atoms with E-state index >= 15 is 0 Å². The molecule has 0 saturated carbocycles. The number of carbonyl (C=O) groups is 2. The van der Waals surface area contributed by atoms with Gasteiger partial charge in [0.05, 0.1) is 13.2 Å². The zero-order chi connectivity index (χ0) is 17.6. The van der Waals surface area contributed by atoms with E-state index in [1.54, 1.807) is 40.2 Å². The van der Waals surface area contributed by atoms with Crippen molar-refractivity contribution in [3.63, 3.8) is 0 Å². The first-order valence-electron chi connectivity index (χ1n) is 8.20. The minimum Gasteiger partial charge on any atom is -0.379 e. The predicted molar refractivity (Wildman–Crippen MR) is 89.6 cm³/mol. The highest BCUT2D eigenvalue weighted by atomic mass is 16.5. The molecule has 8 heteroatoms. The summed E-state index contributed by atoms with van der Waals surface area (Å²) in [6, 6.07) is 7.00. The molecule has 2 aromatic rings. The molecular formula is C17H21N5O3. The fourth-order valence-corrected chi connectivity index (χ4v) is 2.89. The summed E-state index contributed by atoms with van der Waals surface area (Å²) in [5.74, 6) is -0.423. The first-order valence-corrected chi connectivity index (χ1v) is 8.20. The van der Waals surface area contributed by atoms with Gasteiger partial charge in [-0.3, -0.25) is 14.3 Å². The molecule has 0 spiro atoms. The molecule has 8 nitrogen and oxygen atoms in total. The van der Waals surface area contributed by atoms with Gasteiger partial charge in [-0.25, -0.2) is 4.98 Å². The van der Waals surface area contributed by atoms with Crippen LogP contribution in [0.25, 0.3) is 0 Å². The Morgan fingerprint density at radius 1 is 1.32 bits per heavy atom. The molecule has 0 aliphatic carbocycles. The van der Waals surface area contributed by atoms with Crippen molar-refractivity contribution in [3.05, 3.63) is 48.0 Å². The fourth-order valence-electron chi connectivity index (χ4n) is 2.89. The molecule has 1 aliphatic heterocycles. The van der Waals surface area contributed by atoms with E-state index in [4.69, 9.17) is 10.5 Å². The second kappa shape index (κ2) is 7.89. The van der Waals surface area contributed by atoms with Gasteiger partial charge in [0.15, 0.2) is 0 Å². The number of pyridine rings is 1. The summed E-state index contributed by atoms with van der Waals surface area (Å²) in [6.45, 7) is 2.42. The van der Waals surface area contributed by atoms with Crippen LogP contribution in [0.2, 0.25) is 0 Å². The molecule has 132 valence electrons. The Morgan fingerprint density at radius 3 is 2.96 bits per heavy atom. The highest BCUT2D eigenvalue weighted by Gasteiger charge is 2.23. The number of ether oxygens (including phenoxy) is 1. The third-order valence-corrected chi connectivity index (χ3v) is 4.10. The first kappa shape index (κ1) is 17.1. The molecule has 3 rings (SSSR count). The number of nitrogens with two attached hydrogens (primary N) is 1. The van der Waals surface area contributed by atoms with Gasteiger partial charge < -0.3 is 15.4 Å². The minimum atomic E-state index is -0.546. The number of rotatable bonds is 5. The van der Waals surface area contributed by atoms with Gasteiger partial charge in [-0.15, -0.1) is 0 Å². The van der Waals surface area contributed by atoms with E-state index in [0.717, 1.165) is 5.69 Å². The third-order valence-electron chi connectivity index (χ3n) is 4.10. The van der Waals surface area contributed by atoms with Crippen molar-refractivity contribution in [2.75, 3.05) is 26.3 Å². The smallest absolute Gasteiger partial charge is 0.267 e. The van der Waals surface area contributed by atoms with Crippen molar-refractivity contribution in [2.24, 2.45) is 11.7 Å². The molecule has 25 heavy (non-hydrogen) atoms. The Balaban J connectivity index is 1.64. The second-order valence-electron chi connectivity index (χ2n) is 6.07. The molecule has 2 amide bonds. The molecule has 1 saturated heterocycles. The summed E-state index contributed by atoms with van der Waals surface area (Å²) in [6.07, 6.45) is 4.04. The molecule has 0 unspecified atom stereocenters. The SMILES string of the molecule is NC(=O)c1cccc(C[C@H]2COCCN(C(=O)Cn3cccn3)C2)n1. The molecule has 2 aromatic heterocycles. The number of hydrogen-bond donors (Lipinski definition) is 1. The number of primary amides is 1. The van der Waals surface area contributed by atoms with E-state index < -0.39 is 5.91 Å². The van der Waals surface area contributed by atoms with Gasteiger partial charge in [-0.05, 0) is 24.6 Å². The monoisotopic (exact) mass is 343 g/mol. The van der Waals surface area contributed by atoms with E-state index in [0.29, 0.717) is 32.7 Å². The largest absolute Gasteiger partial charge is 0.379 e. The van der Waals surface area contributed by atoms with E-state index in [2.05, 4.69) is 10.1 Å². The quantitative estimate of drug-likeness (QED) is 0.829. The predicted octanol–water partition coefficient (Wildman–Crippen LogP) is 0.0947. The number of amides is 2. The fraction of sp³-hybridized carbons (Fsp3) is 0.412. The van der Waals surface area contributed by atoms with Crippen LogP contribution in [0.3, 0.4) is 0 Å². The summed E-state index contributed by atoms with van der Waals surface area (Å²) in [7, 11) is 0. The molecule has 1 fully saturated rings. The summed E-state index contributed by atoms with van der Waals surface area (Å²) in [4.78, 5) is 29.8. The van der Waals surface area contributed by atoms with E-state index in [9.17, 15) is 9.59 Å². The Bertz CT molecular complexity index is 732. The molecule has 2 N–H and O–H groups in total. The second-order valence-corrected chi connectivity index (χ2v) is 6.07. The average Bonchev–Trinajstić information content (AvgIpc) is 2.99. The van der Waals surface area contributed by atoms with Crippen molar-refractivity contribution < 1.29 is 14.3 Å². The van der Waals surface area contributed by atoms with Gasteiger partial charge in [0.2, 0.25) is 5.91 Å². The van der Waals surface area contributed by atoms with E-state index in [-0.39, 0.29) is 24.1 Å². The minimum absolute atomic E-state index is 0.0121. The summed E-state index contributed by atoms with van der Waals surface area (Å²) < 4.78 is 7.25. The normalized spacial score (nSPS) is 17.9. The maximum absolute atomic E-state index is 12.5. The standard InChI is InChI=1S/C17H21N5O3/c18-17(24)15-4-1-3-14(20-15)9-13-10-21(7-8-25-12-13)16(23)11-22-6-2-5-19-22/h1-6,13H,7-12H2,(H2,18,24)/t13-/m1/s1. The summed E-state index contributed by atoms with van der Waals surface area (Å²) >= 11 is 0. The third kappa shape index (κ3) is 4.63. The van der Waals surface area contributed by atoms with Gasteiger partial charge in [-0.1, -0.05) is 6.07 Å². The highest BCUT2D eigenvalue weighted by Crippen LogP contribution is 2.14. The van der Waals surface area contributed by atoms with Gasteiger partial charge in [0.25, 0.3) is 5.91 Å². The van der Waals surface area contributed by atoms with Crippen LogP contribution in [0.5, 0.6) is 0 Å². The lowest BCUT2D eigenvalue weighted by molar-refractivity contribution is -0.132. The van der Waals surface area contributed by atoms with Crippen molar-refractivity contribution in [1.29, 1.82) is 0 Å². The lowest BCUT2D eigenvalue weighted by Crippen LogP contribution is -2.38. The molecule has 3 heterocycles. The van der Waals surface area contributed by atoms with Crippen LogP contribution in [0.4, 0.5) is 0 Å². The van der Waals surface area contributed by atoms with Gasteiger partial charge in [0, 0.05) is 37.1 Å². The van der Waals surface area contributed by atoms with Gasteiger partial charge in [0.1, 0.15) is 12.2 Å². The average molecular weight is 343 g/mol. The van der Waals surface area contributed by atoms with Crippen molar-refractivity contribution in [1.82, 2.24) is 19.7 Å². The maximum Gasteiger partial charge on any atom is 0.267 e. The Morgan fingerprint density at radius 2 is 2.20 bits per heavy atom. The van der Waals surface area contributed by atoms with Gasteiger partial charge >= 0.3 is 0 Å². The Labute approximate surface area is 145 Å². The lowest BCUT2D eigenvalue weighted by Gasteiger charge is -2.23. The van der Waals surface area contributed by atoms with E-state index in [1.807, 2.05) is 6.07 Å². The zero-order valence-electron chi connectivity index (χ0n) is 13.9. The van der Waals surface area contributed by atoms with Crippen LogP contribution in [0.1, 0.15) is 16.2 Å². The number of hydrogen-bond acceptors (Lipinski definition) is 5. The van der Waals surface area contributed by atoms with Crippen LogP contribution >= 0.6 is 0 Å². The summed E-state index contributed by atoms with van der Waals surface area (Å²) in [5, 5.41) is 4.07. The molecular weight excluding hydrogens is 322 g/mol. The van der Waals surface area contributed by atoms with Crippen molar-refractivity contribution in [2.45, 2.75) is 13.0 Å². The number of nitrogens with zero attached hydrogens (tertiary/aromatic N) is 4. The number of aromatic nitrogens is 3. The lowest BCUT2D eigenvalue weighted by atomic mass is 10.0. The van der Waals surface area contributed by atoms with Crippen LogP contribution in [0.15, 0.2) is 36.7 Å². The number of carbonyl (C=O) groups excluding carboxylic acids is 2. The molecule has 0 aromatic carbocycles. The molecule has 0 bridgehead atoms. The van der Waals surface area contributed by atoms with Crippen LogP contribution in [-0.4, -0.2) is 57.8 Å². The van der Waals surface area contributed by atoms with Crippen LogP contribution in [0, 0.1) is 5.92 Å². The van der Waals surface area contributed by atoms with E-state index in [1.165, 1.54) is 0 Å². The molecule has 1 aliphatic rings. The zero-order valence-corrected chi connectivity index (χ0v) is 13.9. The Hall–Kier alpha value is -2.74.